The van der Waals surface area contributed by atoms with Crippen LogP contribution in [0, 0.1) is 5.82 Å². The summed E-state index contributed by atoms with van der Waals surface area (Å²) in [5, 5.41) is 3.35. The Hall–Kier alpha value is -2.11. The van der Waals surface area contributed by atoms with Gasteiger partial charge in [0.1, 0.15) is 5.82 Å². The third-order valence-electron chi connectivity index (χ3n) is 3.68. The highest BCUT2D eigenvalue weighted by Crippen LogP contribution is 2.30. The van der Waals surface area contributed by atoms with Crippen LogP contribution >= 0.6 is 11.6 Å². The molecule has 0 saturated carbocycles. The van der Waals surface area contributed by atoms with Gasteiger partial charge < -0.3 is 15.0 Å². The van der Waals surface area contributed by atoms with Crippen molar-refractivity contribution in [1.82, 2.24) is 0 Å². The molecule has 120 valence electrons. The molecule has 6 heteroatoms. The van der Waals surface area contributed by atoms with Crippen molar-refractivity contribution in [3.63, 3.8) is 0 Å². The van der Waals surface area contributed by atoms with Crippen LogP contribution < -0.4 is 10.2 Å². The van der Waals surface area contributed by atoms with Gasteiger partial charge >= 0.3 is 0 Å². The maximum Gasteiger partial charge on any atom is 0.258 e. The van der Waals surface area contributed by atoms with Crippen LogP contribution in [0.5, 0.6) is 0 Å². The van der Waals surface area contributed by atoms with E-state index in [-0.39, 0.29) is 5.56 Å². The number of ether oxygens (including phenoxy) is 1. The zero-order chi connectivity index (χ0) is 16.2. The van der Waals surface area contributed by atoms with Crippen molar-refractivity contribution in [2.45, 2.75) is 0 Å². The maximum absolute atomic E-state index is 13.8. The van der Waals surface area contributed by atoms with Crippen LogP contribution in [0.15, 0.2) is 42.5 Å². The Bertz CT molecular complexity index is 717. The fraction of sp³-hybridized carbons (Fsp3) is 0.235. The highest BCUT2D eigenvalue weighted by molar-refractivity contribution is 6.31. The van der Waals surface area contributed by atoms with Crippen LogP contribution in [0.4, 0.5) is 15.8 Å². The molecule has 23 heavy (non-hydrogen) atoms. The van der Waals surface area contributed by atoms with Gasteiger partial charge in [-0.25, -0.2) is 4.39 Å². The molecule has 0 unspecified atom stereocenters. The number of carbonyl (C=O) groups excluding carboxylic acids is 1. The minimum absolute atomic E-state index is 0.00961. The summed E-state index contributed by atoms with van der Waals surface area (Å²) in [4.78, 5) is 14.4. The Kier molecular flexibility index (Phi) is 4.79. The number of carbonyl (C=O) groups is 1. The van der Waals surface area contributed by atoms with E-state index in [0.29, 0.717) is 37.0 Å². The van der Waals surface area contributed by atoms with Gasteiger partial charge in [-0.05, 0) is 30.3 Å². The zero-order valence-corrected chi connectivity index (χ0v) is 13.1. The van der Waals surface area contributed by atoms with E-state index in [2.05, 4.69) is 10.2 Å². The normalized spacial score (nSPS) is 14.6. The second-order valence-electron chi connectivity index (χ2n) is 5.19. The number of morpholine rings is 1. The van der Waals surface area contributed by atoms with Crippen molar-refractivity contribution < 1.29 is 13.9 Å². The lowest BCUT2D eigenvalue weighted by molar-refractivity contribution is 0.102. The molecule has 1 aliphatic rings. The first-order valence-corrected chi connectivity index (χ1v) is 7.71. The number of benzene rings is 2. The molecule has 2 aromatic carbocycles. The van der Waals surface area contributed by atoms with Gasteiger partial charge in [-0.3, -0.25) is 4.79 Å². The summed E-state index contributed by atoms with van der Waals surface area (Å²) in [7, 11) is 0. The first-order chi connectivity index (χ1) is 11.1. The number of hydrogen-bond acceptors (Lipinski definition) is 3. The molecule has 4 nitrogen and oxygen atoms in total. The average molecular weight is 335 g/mol. The summed E-state index contributed by atoms with van der Waals surface area (Å²) in [6.07, 6.45) is 0. The quantitative estimate of drug-likeness (QED) is 0.933. The monoisotopic (exact) mass is 334 g/mol. The average Bonchev–Trinajstić information content (AvgIpc) is 2.57. The summed E-state index contributed by atoms with van der Waals surface area (Å²) in [5.41, 5.74) is 1.42. The standard InChI is InChI=1S/C17H16ClFN2O2/c18-12-5-6-15(16(11-12)21-7-9-23-10-8-21)20-17(22)13-3-1-2-4-14(13)19/h1-6,11H,7-10H2,(H,20,22). The third kappa shape index (κ3) is 3.63. The lowest BCUT2D eigenvalue weighted by atomic mass is 10.1. The Morgan fingerprint density at radius 3 is 2.65 bits per heavy atom. The van der Waals surface area contributed by atoms with E-state index in [0.717, 1.165) is 5.69 Å². The number of nitrogens with zero attached hydrogens (tertiary/aromatic N) is 1. The van der Waals surface area contributed by atoms with Gasteiger partial charge in [-0.15, -0.1) is 0 Å². The lowest BCUT2D eigenvalue weighted by Crippen LogP contribution is -2.36. The largest absolute Gasteiger partial charge is 0.378 e. The van der Waals surface area contributed by atoms with Crippen LogP contribution in [0.1, 0.15) is 10.4 Å². The summed E-state index contributed by atoms with van der Waals surface area (Å²) >= 11 is 6.08. The lowest BCUT2D eigenvalue weighted by Gasteiger charge is -2.30. The fourth-order valence-corrected chi connectivity index (χ4v) is 2.68. The molecule has 1 amide bonds. The second-order valence-corrected chi connectivity index (χ2v) is 5.63. The number of amides is 1. The number of hydrogen-bond donors (Lipinski definition) is 1. The third-order valence-corrected chi connectivity index (χ3v) is 3.91. The van der Waals surface area contributed by atoms with Gasteiger partial charge in [-0.2, -0.15) is 0 Å². The van der Waals surface area contributed by atoms with Gasteiger partial charge in [0.2, 0.25) is 0 Å². The van der Waals surface area contributed by atoms with E-state index in [1.165, 1.54) is 12.1 Å². The van der Waals surface area contributed by atoms with Gasteiger partial charge in [0.25, 0.3) is 5.91 Å². The predicted octanol–water partition coefficient (Wildman–Crippen LogP) is 3.57. The minimum atomic E-state index is -0.549. The molecule has 0 atom stereocenters. The van der Waals surface area contributed by atoms with Crippen molar-refractivity contribution in [3.05, 3.63) is 58.9 Å². The molecule has 1 saturated heterocycles. The van der Waals surface area contributed by atoms with E-state index < -0.39 is 11.7 Å². The molecule has 2 aromatic rings. The van der Waals surface area contributed by atoms with Crippen molar-refractivity contribution in [2.24, 2.45) is 0 Å². The van der Waals surface area contributed by atoms with Crippen LogP contribution in [-0.2, 0) is 4.74 Å². The van der Waals surface area contributed by atoms with Gasteiger partial charge in [0.15, 0.2) is 0 Å². The van der Waals surface area contributed by atoms with E-state index in [9.17, 15) is 9.18 Å². The van der Waals surface area contributed by atoms with E-state index in [4.69, 9.17) is 16.3 Å². The molecule has 0 aromatic heterocycles. The molecule has 1 aliphatic heterocycles. The van der Waals surface area contributed by atoms with Crippen LogP contribution in [-0.4, -0.2) is 32.2 Å². The zero-order valence-electron chi connectivity index (χ0n) is 12.4. The van der Waals surface area contributed by atoms with Gasteiger partial charge in [0, 0.05) is 18.1 Å². The van der Waals surface area contributed by atoms with Crippen molar-refractivity contribution in [2.75, 3.05) is 36.5 Å². The molecule has 0 bridgehead atoms. The Labute approximate surface area is 138 Å². The molecule has 3 rings (SSSR count). The topological polar surface area (TPSA) is 41.6 Å². The number of rotatable bonds is 3. The molecule has 1 N–H and O–H groups in total. The molecule has 1 fully saturated rings. The SMILES string of the molecule is O=C(Nc1ccc(Cl)cc1N1CCOCC1)c1ccccc1F. The smallest absolute Gasteiger partial charge is 0.258 e. The molecule has 0 radical (unpaired) electrons. The summed E-state index contributed by atoms with van der Waals surface area (Å²) < 4.78 is 19.1. The summed E-state index contributed by atoms with van der Waals surface area (Å²) in [6, 6.07) is 11.1. The summed E-state index contributed by atoms with van der Waals surface area (Å²) in [5.74, 6) is -1.04. The molecular formula is C17H16ClFN2O2. The first kappa shape index (κ1) is 15.8. The predicted molar refractivity (Wildman–Crippen MR) is 88.8 cm³/mol. The highest BCUT2D eigenvalue weighted by Gasteiger charge is 2.18. The molecule has 0 spiro atoms. The first-order valence-electron chi connectivity index (χ1n) is 7.33. The van der Waals surface area contributed by atoms with Crippen molar-refractivity contribution >= 4 is 28.9 Å². The summed E-state index contributed by atoms with van der Waals surface area (Å²) in [6.45, 7) is 2.66. The fourth-order valence-electron chi connectivity index (χ4n) is 2.51. The second kappa shape index (κ2) is 6.98. The highest BCUT2D eigenvalue weighted by atomic mass is 35.5. The Balaban J connectivity index is 1.87. The van der Waals surface area contributed by atoms with E-state index >= 15 is 0 Å². The van der Waals surface area contributed by atoms with Crippen LogP contribution in [0.2, 0.25) is 5.02 Å². The van der Waals surface area contributed by atoms with E-state index in [1.54, 1.807) is 30.3 Å². The van der Waals surface area contributed by atoms with Crippen molar-refractivity contribution in [3.8, 4) is 0 Å². The van der Waals surface area contributed by atoms with Gasteiger partial charge in [-0.1, -0.05) is 23.7 Å². The maximum atomic E-state index is 13.8. The van der Waals surface area contributed by atoms with E-state index in [1.807, 2.05) is 0 Å². The van der Waals surface area contributed by atoms with Crippen molar-refractivity contribution in [1.29, 1.82) is 0 Å². The molecule has 0 aliphatic carbocycles. The molecule has 1 heterocycles. The number of nitrogens with one attached hydrogen (secondary N) is 1. The molecular weight excluding hydrogens is 319 g/mol. The number of halogens is 2. The van der Waals surface area contributed by atoms with Crippen LogP contribution in [0.3, 0.4) is 0 Å². The Morgan fingerprint density at radius 2 is 1.91 bits per heavy atom. The Morgan fingerprint density at radius 1 is 1.17 bits per heavy atom. The van der Waals surface area contributed by atoms with Gasteiger partial charge in [0.05, 0.1) is 30.2 Å². The number of anilines is 2. The minimum Gasteiger partial charge on any atom is -0.378 e. The van der Waals surface area contributed by atoms with Crippen LogP contribution in [0.25, 0.3) is 0 Å².